The maximum Gasteiger partial charge on any atom is 0.414 e. The van der Waals surface area contributed by atoms with Crippen LogP contribution in [0.1, 0.15) is 0 Å². The summed E-state index contributed by atoms with van der Waals surface area (Å²) in [5, 5.41) is 18.4. The fourth-order valence-corrected chi connectivity index (χ4v) is 2.76. The van der Waals surface area contributed by atoms with Crippen molar-refractivity contribution in [3.8, 4) is 17.2 Å². The monoisotopic (exact) mass is 500 g/mol. The molecule has 0 aliphatic heterocycles. The molecular weight excluding hydrogens is 476 g/mol. The molecule has 9 nitrogen and oxygen atoms in total. The van der Waals surface area contributed by atoms with Crippen molar-refractivity contribution in [2.24, 2.45) is 0 Å². The highest BCUT2D eigenvalue weighted by Gasteiger charge is 2.11. The summed E-state index contributed by atoms with van der Waals surface area (Å²) in [6, 6.07) is 24.0. The molecule has 3 aromatic rings. The van der Waals surface area contributed by atoms with Crippen LogP contribution in [-0.2, 0) is 14.4 Å². The van der Waals surface area contributed by atoms with E-state index in [1.165, 1.54) is 0 Å². The summed E-state index contributed by atoms with van der Waals surface area (Å²) in [4.78, 5) is 32.5. The molecule has 0 saturated heterocycles. The number of nitrogens with zero attached hydrogens (tertiary/aromatic N) is 1. The number of carboxylic acid groups (broad SMARTS) is 2. The summed E-state index contributed by atoms with van der Waals surface area (Å²) in [7, 11) is 1.87. The summed E-state index contributed by atoms with van der Waals surface area (Å²) in [6.07, 6.45) is 0. The first-order valence-electron chi connectivity index (χ1n) is 10.4. The number of amides is 1. The van der Waals surface area contributed by atoms with Crippen LogP contribution in [0.4, 0.5) is 5.69 Å². The zero-order chi connectivity index (χ0) is 25.6. The van der Waals surface area contributed by atoms with Crippen LogP contribution < -0.4 is 14.8 Å². The van der Waals surface area contributed by atoms with Gasteiger partial charge in [0.05, 0.1) is 12.2 Å². The van der Waals surface area contributed by atoms with Gasteiger partial charge in [-0.1, -0.05) is 41.9 Å². The Labute approximate surface area is 207 Å². The van der Waals surface area contributed by atoms with E-state index >= 15 is 0 Å². The summed E-state index contributed by atoms with van der Waals surface area (Å²) in [5.74, 6) is -1.71. The van der Waals surface area contributed by atoms with Crippen molar-refractivity contribution in [3.63, 3.8) is 0 Å². The number of carboxylic acids is 2. The molecular formula is C25H25ClN2O7. The topological polar surface area (TPSA) is 125 Å². The molecule has 3 aromatic carbocycles. The van der Waals surface area contributed by atoms with Gasteiger partial charge in [0.25, 0.3) is 0 Å². The number of ether oxygens (including phenoxy) is 2. The Balaban J connectivity index is 0.000000641. The van der Waals surface area contributed by atoms with Crippen LogP contribution in [0.15, 0.2) is 78.9 Å². The zero-order valence-electron chi connectivity index (χ0n) is 18.9. The zero-order valence-corrected chi connectivity index (χ0v) is 19.6. The van der Waals surface area contributed by atoms with Gasteiger partial charge in [-0.25, -0.2) is 9.59 Å². The Kier molecular flexibility index (Phi) is 11.1. The molecule has 0 aliphatic carbocycles. The molecule has 0 fully saturated rings. The van der Waals surface area contributed by atoms with Crippen LogP contribution in [0, 0.1) is 0 Å². The number of rotatable bonds is 9. The van der Waals surface area contributed by atoms with E-state index < -0.39 is 11.9 Å². The third-order valence-corrected chi connectivity index (χ3v) is 4.54. The highest BCUT2D eigenvalue weighted by molar-refractivity contribution is 6.30. The molecule has 0 aliphatic rings. The largest absolute Gasteiger partial charge is 0.492 e. The number of para-hydroxylation sites is 3. The van der Waals surface area contributed by atoms with Crippen molar-refractivity contribution in [3.05, 3.63) is 83.9 Å². The van der Waals surface area contributed by atoms with Gasteiger partial charge in [-0.15, -0.1) is 0 Å². The number of carbonyl (C=O) groups excluding carboxylic acids is 1. The molecule has 0 spiro atoms. The van der Waals surface area contributed by atoms with Crippen LogP contribution in [0.2, 0.25) is 5.02 Å². The third kappa shape index (κ3) is 10.6. The Hall–Kier alpha value is -4.08. The van der Waals surface area contributed by atoms with E-state index in [4.69, 9.17) is 40.9 Å². The van der Waals surface area contributed by atoms with Gasteiger partial charge in [-0.3, -0.25) is 9.69 Å². The number of anilines is 1. The highest BCUT2D eigenvalue weighted by Crippen LogP contribution is 2.29. The number of aliphatic carboxylic acids is 2. The van der Waals surface area contributed by atoms with Crippen LogP contribution in [0.25, 0.3) is 0 Å². The second kappa shape index (κ2) is 14.2. The van der Waals surface area contributed by atoms with Crippen LogP contribution in [0.5, 0.6) is 17.2 Å². The molecule has 0 saturated carbocycles. The van der Waals surface area contributed by atoms with E-state index in [1.807, 2.05) is 78.7 Å². The van der Waals surface area contributed by atoms with E-state index in [-0.39, 0.29) is 12.5 Å². The summed E-state index contributed by atoms with van der Waals surface area (Å²) in [5.41, 5.74) is 0.632. The SMILES string of the molecule is CN(CCOc1ccc(Cl)cc1)CC(=O)Nc1ccccc1Oc1ccccc1.O=C(O)C(=O)O. The van der Waals surface area contributed by atoms with Gasteiger partial charge in [-0.2, -0.15) is 0 Å². The molecule has 0 radical (unpaired) electrons. The number of halogens is 1. The molecule has 0 bridgehead atoms. The summed E-state index contributed by atoms with van der Waals surface area (Å²) in [6.45, 7) is 1.32. The normalized spacial score (nSPS) is 10.0. The second-order valence-corrected chi connectivity index (χ2v) is 7.55. The average Bonchev–Trinajstić information content (AvgIpc) is 2.82. The number of hydrogen-bond donors (Lipinski definition) is 3. The van der Waals surface area contributed by atoms with Crippen molar-refractivity contribution in [1.29, 1.82) is 0 Å². The minimum absolute atomic E-state index is 0.122. The van der Waals surface area contributed by atoms with Gasteiger partial charge < -0.3 is 25.0 Å². The molecule has 3 N–H and O–H groups in total. The van der Waals surface area contributed by atoms with Gasteiger partial charge in [0.1, 0.15) is 18.1 Å². The number of carbonyl (C=O) groups is 3. The van der Waals surface area contributed by atoms with Crippen LogP contribution in [0.3, 0.4) is 0 Å². The molecule has 0 unspecified atom stereocenters. The third-order valence-electron chi connectivity index (χ3n) is 4.28. The standard InChI is InChI=1S/C23H23ClN2O3.C2H2O4/c1-26(15-16-28-19-13-11-18(24)12-14-19)17-23(27)25-21-9-5-6-10-22(21)29-20-7-3-2-4-8-20;3-1(4)2(5)6/h2-14H,15-17H2,1H3,(H,25,27);(H,3,4)(H,5,6). The summed E-state index contributed by atoms with van der Waals surface area (Å²) >= 11 is 5.86. The maximum absolute atomic E-state index is 12.4. The minimum Gasteiger partial charge on any atom is -0.492 e. The number of hydrogen-bond acceptors (Lipinski definition) is 6. The van der Waals surface area contributed by atoms with Gasteiger partial charge in [0.2, 0.25) is 5.91 Å². The van der Waals surface area contributed by atoms with Gasteiger partial charge in [-0.05, 0) is 55.6 Å². The molecule has 1 amide bonds. The molecule has 35 heavy (non-hydrogen) atoms. The van der Waals surface area contributed by atoms with E-state index in [0.717, 1.165) is 5.75 Å². The Morgan fingerprint density at radius 3 is 2.09 bits per heavy atom. The predicted octanol–water partition coefficient (Wildman–Crippen LogP) is 4.24. The van der Waals surface area contributed by atoms with Crippen LogP contribution in [-0.4, -0.2) is 59.7 Å². The molecule has 0 heterocycles. The molecule has 184 valence electrons. The van der Waals surface area contributed by atoms with Crippen molar-refractivity contribution in [1.82, 2.24) is 4.90 Å². The van der Waals surface area contributed by atoms with E-state index in [9.17, 15) is 4.79 Å². The van der Waals surface area contributed by atoms with Crippen molar-refractivity contribution in [2.45, 2.75) is 0 Å². The smallest absolute Gasteiger partial charge is 0.414 e. The number of benzene rings is 3. The molecule has 3 rings (SSSR count). The minimum atomic E-state index is -1.82. The number of nitrogens with one attached hydrogen (secondary N) is 1. The lowest BCUT2D eigenvalue weighted by molar-refractivity contribution is -0.159. The van der Waals surface area contributed by atoms with E-state index in [1.54, 1.807) is 12.1 Å². The second-order valence-electron chi connectivity index (χ2n) is 7.11. The first-order chi connectivity index (χ1) is 16.7. The van der Waals surface area contributed by atoms with Gasteiger partial charge in [0, 0.05) is 11.6 Å². The lowest BCUT2D eigenvalue weighted by atomic mass is 10.2. The lowest BCUT2D eigenvalue weighted by Crippen LogP contribution is -2.33. The molecule has 0 aromatic heterocycles. The first kappa shape index (κ1) is 27.2. The van der Waals surface area contributed by atoms with Crippen molar-refractivity contribution in [2.75, 3.05) is 32.1 Å². The van der Waals surface area contributed by atoms with E-state index in [2.05, 4.69) is 5.32 Å². The number of likely N-dealkylation sites (N-methyl/N-ethyl adjacent to an activating group) is 1. The van der Waals surface area contributed by atoms with Gasteiger partial charge >= 0.3 is 11.9 Å². The fraction of sp³-hybridized carbons (Fsp3) is 0.160. The Morgan fingerprint density at radius 1 is 0.857 bits per heavy atom. The lowest BCUT2D eigenvalue weighted by Gasteiger charge is -2.17. The first-order valence-corrected chi connectivity index (χ1v) is 10.8. The predicted molar refractivity (Wildman–Crippen MR) is 131 cm³/mol. The Morgan fingerprint density at radius 2 is 1.46 bits per heavy atom. The molecule has 10 heteroatoms. The Bertz CT molecular complexity index is 1100. The fourth-order valence-electron chi connectivity index (χ4n) is 2.64. The quantitative estimate of drug-likeness (QED) is 0.372. The average molecular weight is 501 g/mol. The van der Waals surface area contributed by atoms with E-state index in [0.29, 0.717) is 35.4 Å². The summed E-state index contributed by atoms with van der Waals surface area (Å²) < 4.78 is 11.5. The maximum atomic E-state index is 12.4. The van der Waals surface area contributed by atoms with Crippen LogP contribution >= 0.6 is 11.6 Å². The molecule has 0 atom stereocenters. The van der Waals surface area contributed by atoms with Gasteiger partial charge in [0.15, 0.2) is 5.75 Å². The van der Waals surface area contributed by atoms with Crippen molar-refractivity contribution >= 4 is 35.1 Å². The highest BCUT2D eigenvalue weighted by atomic mass is 35.5. The van der Waals surface area contributed by atoms with Crippen molar-refractivity contribution < 1.29 is 34.1 Å².